The van der Waals surface area contributed by atoms with E-state index in [0.717, 1.165) is 30.4 Å². The fourth-order valence-corrected chi connectivity index (χ4v) is 6.48. The van der Waals surface area contributed by atoms with Crippen LogP contribution in [-0.2, 0) is 0 Å². The second-order valence-electron chi connectivity index (χ2n) is 7.39. The topological polar surface area (TPSA) is 47.0 Å². The van der Waals surface area contributed by atoms with Gasteiger partial charge in [0.15, 0.2) is 11.6 Å². The molecule has 3 nitrogen and oxygen atoms in total. The molecule has 0 spiro atoms. The molecule has 0 unspecified atom stereocenters. The zero-order chi connectivity index (χ0) is 22.0. The number of benzene rings is 3. The zero-order valence-corrected chi connectivity index (χ0v) is 19.3. The number of carbonyl (C=O) groups excluding carboxylic acids is 2. The lowest BCUT2D eigenvalue weighted by Crippen LogP contribution is -1.99. The van der Waals surface area contributed by atoms with E-state index in [-0.39, 0.29) is 27.2 Å². The fourth-order valence-electron chi connectivity index (χ4n) is 3.94. The van der Waals surface area contributed by atoms with E-state index in [0.29, 0.717) is 11.1 Å². The largest absolute Gasteiger partial charge is 0.288 e. The molecular weight excluding hydrogens is 481 g/mol. The summed E-state index contributed by atoms with van der Waals surface area (Å²) in [5.41, 5.74) is 1.82. The molecule has 32 heavy (non-hydrogen) atoms. The molecule has 0 saturated carbocycles. The van der Waals surface area contributed by atoms with Gasteiger partial charge in [0.2, 0.25) is 0 Å². The first-order valence-electron chi connectivity index (χ1n) is 9.68. The van der Waals surface area contributed by atoms with Gasteiger partial charge in [-0.15, -0.1) is 22.7 Å². The van der Waals surface area contributed by atoms with Gasteiger partial charge in [-0.3, -0.25) is 9.59 Å². The summed E-state index contributed by atoms with van der Waals surface area (Å²) in [5.74, 6) is -0.658. The maximum Gasteiger partial charge on any atom is 0.197 e. The molecule has 1 aliphatic rings. The van der Waals surface area contributed by atoms with Crippen molar-refractivity contribution in [1.29, 1.82) is 0 Å². The highest BCUT2D eigenvalue weighted by Crippen LogP contribution is 2.40. The van der Waals surface area contributed by atoms with Crippen molar-refractivity contribution in [3.05, 3.63) is 92.3 Å². The van der Waals surface area contributed by atoms with E-state index in [1.165, 1.54) is 28.9 Å². The zero-order valence-electron chi connectivity index (χ0n) is 16.2. The van der Waals surface area contributed by atoms with Crippen LogP contribution in [0.25, 0.3) is 36.9 Å². The Morgan fingerprint density at radius 3 is 2.19 bits per heavy atom. The Hall–Kier alpha value is -2.83. The molecule has 5 aromatic rings. The standard InChI is InChI=1S/C25H11Cl2NO2S2/c26-19-10-16-17(11-20(19)27)23(30)18(22(16)29)8-13-9-21-25(31-13)28-24(32-21)15-7-3-5-12-4-1-2-6-14(12)15/h1-11H. The summed E-state index contributed by atoms with van der Waals surface area (Å²) in [6.07, 6.45) is 1.64. The molecule has 154 valence electrons. The first kappa shape index (κ1) is 19.8. The summed E-state index contributed by atoms with van der Waals surface area (Å²) in [6, 6.07) is 19.4. The van der Waals surface area contributed by atoms with Crippen molar-refractivity contribution >= 4 is 83.8 Å². The van der Waals surface area contributed by atoms with Crippen LogP contribution in [0.3, 0.4) is 0 Å². The van der Waals surface area contributed by atoms with Crippen LogP contribution in [0.5, 0.6) is 0 Å². The number of rotatable bonds is 2. The summed E-state index contributed by atoms with van der Waals surface area (Å²) in [6.45, 7) is 0. The fraction of sp³-hybridized carbons (Fsp3) is 0. The number of aromatic nitrogens is 1. The van der Waals surface area contributed by atoms with Crippen molar-refractivity contribution in [2.75, 3.05) is 0 Å². The van der Waals surface area contributed by atoms with Crippen LogP contribution in [0, 0.1) is 0 Å². The van der Waals surface area contributed by atoms with Crippen LogP contribution >= 0.6 is 45.9 Å². The minimum atomic E-state index is -0.329. The second kappa shape index (κ2) is 7.36. The molecule has 6 rings (SSSR count). The number of allylic oxidation sites excluding steroid dienone is 1. The van der Waals surface area contributed by atoms with Crippen molar-refractivity contribution < 1.29 is 9.59 Å². The predicted molar refractivity (Wildman–Crippen MR) is 134 cm³/mol. The van der Waals surface area contributed by atoms with Crippen molar-refractivity contribution in [3.63, 3.8) is 0 Å². The van der Waals surface area contributed by atoms with Crippen molar-refractivity contribution in [3.8, 4) is 10.6 Å². The Labute approximate surface area is 200 Å². The smallest absolute Gasteiger partial charge is 0.197 e. The first-order chi connectivity index (χ1) is 15.5. The van der Waals surface area contributed by atoms with Crippen LogP contribution in [0.15, 0.2) is 66.2 Å². The molecule has 0 N–H and O–H groups in total. The van der Waals surface area contributed by atoms with Crippen LogP contribution in [0.4, 0.5) is 0 Å². The number of hydrogen-bond acceptors (Lipinski definition) is 5. The maximum absolute atomic E-state index is 12.8. The molecule has 0 fully saturated rings. The Balaban J connectivity index is 1.39. The van der Waals surface area contributed by atoms with E-state index in [2.05, 4.69) is 24.3 Å². The molecule has 1 aliphatic carbocycles. The van der Waals surface area contributed by atoms with Gasteiger partial charge in [0.05, 0.1) is 20.3 Å². The van der Waals surface area contributed by atoms with Gasteiger partial charge in [-0.25, -0.2) is 4.98 Å². The third-order valence-electron chi connectivity index (χ3n) is 5.45. The normalized spacial score (nSPS) is 13.4. The summed E-state index contributed by atoms with van der Waals surface area (Å²) < 4.78 is 1.02. The van der Waals surface area contributed by atoms with E-state index >= 15 is 0 Å². The molecule has 0 radical (unpaired) electrons. The van der Waals surface area contributed by atoms with E-state index < -0.39 is 0 Å². The van der Waals surface area contributed by atoms with E-state index in [1.807, 2.05) is 24.3 Å². The van der Waals surface area contributed by atoms with Crippen LogP contribution in [-0.4, -0.2) is 16.6 Å². The van der Waals surface area contributed by atoms with E-state index in [1.54, 1.807) is 17.4 Å². The number of hydrogen-bond donors (Lipinski definition) is 0. The molecule has 7 heteroatoms. The lowest BCUT2D eigenvalue weighted by Gasteiger charge is -2.02. The van der Waals surface area contributed by atoms with Gasteiger partial charge in [0.25, 0.3) is 0 Å². The second-order valence-corrected chi connectivity index (χ2v) is 10.3. The summed E-state index contributed by atoms with van der Waals surface area (Å²) in [5, 5.41) is 3.80. The van der Waals surface area contributed by atoms with Gasteiger partial charge >= 0.3 is 0 Å². The SMILES string of the molecule is O=C1C(=Cc2cc3sc(-c4cccc5ccccc45)nc3s2)C(=O)c2cc(Cl)c(Cl)cc21. The monoisotopic (exact) mass is 491 g/mol. The molecule has 0 bridgehead atoms. The number of halogens is 2. The van der Waals surface area contributed by atoms with Crippen molar-refractivity contribution in [1.82, 2.24) is 4.98 Å². The number of Topliss-reactive ketones (excluding diaryl/α,β-unsaturated/α-hetero) is 2. The number of fused-ring (bicyclic) bond motifs is 3. The number of carbonyl (C=O) groups is 2. The lowest BCUT2D eigenvalue weighted by molar-refractivity contribution is 0.0990. The van der Waals surface area contributed by atoms with Gasteiger partial charge in [-0.05, 0) is 35.0 Å². The Kier molecular flexibility index (Phi) is 4.56. The third kappa shape index (κ3) is 3.05. The van der Waals surface area contributed by atoms with Gasteiger partial charge < -0.3 is 0 Å². The summed E-state index contributed by atoms with van der Waals surface area (Å²) in [4.78, 5) is 32.1. The number of nitrogens with zero attached hydrogens (tertiary/aromatic N) is 1. The van der Waals surface area contributed by atoms with Gasteiger partial charge in [0.1, 0.15) is 9.84 Å². The number of thiazole rings is 1. The third-order valence-corrected chi connectivity index (χ3v) is 8.32. The average molecular weight is 492 g/mol. The van der Waals surface area contributed by atoms with Crippen LogP contribution in [0.1, 0.15) is 25.6 Å². The van der Waals surface area contributed by atoms with Gasteiger partial charge in [-0.2, -0.15) is 0 Å². The highest BCUT2D eigenvalue weighted by Gasteiger charge is 2.34. The average Bonchev–Trinajstić information content (AvgIpc) is 3.42. The summed E-state index contributed by atoms with van der Waals surface area (Å²) in [7, 11) is 0. The van der Waals surface area contributed by atoms with Gasteiger partial charge in [-0.1, -0.05) is 65.7 Å². The maximum atomic E-state index is 12.8. The lowest BCUT2D eigenvalue weighted by atomic mass is 10.1. The highest BCUT2D eigenvalue weighted by atomic mass is 35.5. The Morgan fingerprint density at radius 1 is 0.781 bits per heavy atom. The molecule has 0 amide bonds. The van der Waals surface area contributed by atoms with Crippen LogP contribution < -0.4 is 0 Å². The minimum Gasteiger partial charge on any atom is -0.288 e. The summed E-state index contributed by atoms with van der Waals surface area (Å²) >= 11 is 15.1. The molecule has 3 aromatic carbocycles. The van der Waals surface area contributed by atoms with E-state index in [4.69, 9.17) is 28.2 Å². The molecule has 2 heterocycles. The Bertz CT molecular complexity index is 1570. The Morgan fingerprint density at radius 2 is 1.47 bits per heavy atom. The first-order valence-corrected chi connectivity index (χ1v) is 12.1. The van der Waals surface area contributed by atoms with E-state index in [9.17, 15) is 9.59 Å². The molecule has 0 atom stereocenters. The predicted octanol–water partition coefficient (Wildman–Crippen LogP) is 7.95. The molecular formula is C25H11Cl2NO2S2. The van der Waals surface area contributed by atoms with Crippen molar-refractivity contribution in [2.45, 2.75) is 0 Å². The molecule has 0 aliphatic heterocycles. The number of thiophene rings is 1. The van der Waals surface area contributed by atoms with Crippen molar-refractivity contribution in [2.24, 2.45) is 0 Å². The molecule has 2 aromatic heterocycles. The highest BCUT2D eigenvalue weighted by molar-refractivity contribution is 7.29. The number of ketones is 2. The minimum absolute atomic E-state index is 0.126. The van der Waals surface area contributed by atoms with Crippen LogP contribution in [0.2, 0.25) is 10.0 Å². The quantitative estimate of drug-likeness (QED) is 0.186. The molecule has 0 saturated heterocycles. The van der Waals surface area contributed by atoms with Gasteiger partial charge in [0, 0.05) is 21.6 Å².